The first kappa shape index (κ1) is 20.4. The Balaban J connectivity index is 1.40. The second-order valence-electron chi connectivity index (χ2n) is 6.83. The normalized spacial score (nSPS) is 16.5. The van der Waals surface area contributed by atoms with E-state index in [1.807, 2.05) is 24.3 Å². The van der Waals surface area contributed by atoms with Crippen LogP contribution in [-0.4, -0.2) is 31.5 Å². The highest BCUT2D eigenvalue weighted by molar-refractivity contribution is 7.89. The molecule has 0 saturated heterocycles. The number of nitrogens with zero attached hydrogens (tertiary/aromatic N) is 2. The van der Waals surface area contributed by atoms with Crippen molar-refractivity contribution in [3.63, 3.8) is 0 Å². The van der Waals surface area contributed by atoms with Gasteiger partial charge in [-0.05, 0) is 42.7 Å². The molecule has 2 aromatic heterocycles. The van der Waals surface area contributed by atoms with Crippen molar-refractivity contribution in [2.24, 2.45) is 0 Å². The summed E-state index contributed by atoms with van der Waals surface area (Å²) in [7, 11) is -3.52. The minimum Gasteiger partial charge on any atom is -0.308 e. The average molecular weight is 449 g/mol. The molecule has 0 radical (unpaired) electrons. The summed E-state index contributed by atoms with van der Waals surface area (Å²) in [6, 6.07) is 11.0. The van der Waals surface area contributed by atoms with Crippen LogP contribution < -0.4 is 10.0 Å². The van der Waals surface area contributed by atoms with Gasteiger partial charge in [0.2, 0.25) is 10.0 Å². The number of sulfonamides is 1. The van der Waals surface area contributed by atoms with Crippen LogP contribution in [0.2, 0.25) is 5.02 Å². The molecular weight excluding hydrogens is 428 g/mol. The molecule has 1 atom stereocenters. The molecule has 1 aliphatic heterocycles. The quantitative estimate of drug-likeness (QED) is 0.580. The summed E-state index contributed by atoms with van der Waals surface area (Å²) in [6.07, 6.45) is 5.30. The Morgan fingerprint density at radius 3 is 2.69 bits per heavy atom. The van der Waals surface area contributed by atoms with E-state index in [0.717, 1.165) is 35.1 Å². The zero-order chi connectivity index (χ0) is 20.3. The van der Waals surface area contributed by atoms with E-state index in [1.165, 1.54) is 35.0 Å². The van der Waals surface area contributed by atoms with Crippen LogP contribution in [0.15, 0.2) is 53.7 Å². The molecule has 0 aliphatic carbocycles. The third kappa shape index (κ3) is 5.02. The Morgan fingerprint density at radius 1 is 1.17 bits per heavy atom. The van der Waals surface area contributed by atoms with Crippen LogP contribution in [0.3, 0.4) is 0 Å². The van der Waals surface area contributed by atoms with Crippen LogP contribution in [0, 0.1) is 0 Å². The van der Waals surface area contributed by atoms with Crippen LogP contribution in [0.4, 0.5) is 0 Å². The lowest BCUT2D eigenvalue weighted by molar-refractivity contribution is 0.495. The Bertz CT molecular complexity index is 1070. The number of hydrogen-bond acceptors (Lipinski definition) is 6. The molecule has 0 fully saturated rings. The van der Waals surface area contributed by atoms with Crippen molar-refractivity contribution in [3.05, 3.63) is 75.0 Å². The fraction of sp³-hybridized carbons (Fsp3) is 0.300. The fourth-order valence-electron chi connectivity index (χ4n) is 3.35. The van der Waals surface area contributed by atoms with E-state index in [2.05, 4.69) is 15.0 Å². The van der Waals surface area contributed by atoms with Crippen molar-refractivity contribution in [1.82, 2.24) is 20.0 Å². The smallest absolute Gasteiger partial charge is 0.240 e. The maximum absolute atomic E-state index is 12.3. The number of halogens is 1. The van der Waals surface area contributed by atoms with E-state index < -0.39 is 10.0 Å². The third-order valence-corrected chi connectivity index (χ3v) is 7.71. The van der Waals surface area contributed by atoms with Crippen molar-refractivity contribution in [2.75, 3.05) is 13.1 Å². The zero-order valence-corrected chi connectivity index (χ0v) is 18.0. The standard InChI is InChI=1S/C20H21ClN4O2S2/c21-15-3-1-14(2-4-15)13-17-20-18(7-11-23-17)28-19(25-20)8-12-24-29(26,27)16-5-9-22-10-6-16/h1-6,9-10,17,23-24H,7-8,11-13H2. The maximum atomic E-state index is 12.3. The molecule has 1 aliphatic rings. The van der Waals surface area contributed by atoms with Crippen molar-refractivity contribution in [1.29, 1.82) is 0 Å². The molecule has 3 aromatic rings. The number of aromatic nitrogens is 2. The second-order valence-corrected chi connectivity index (χ2v) is 10.2. The monoisotopic (exact) mass is 448 g/mol. The summed E-state index contributed by atoms with van der Waals surface area (Å²) in [6.45, 7) is 1.23. The lowest BCUT2D eigenvalue weighted by Crippen LogP contribution is -2.30. The SMILES string of the molecule is O=S(=O)(NCCc1nc2c(s1)CCNC2Cc1ccc(Cl)cc1)c1ccncc1. The number of nitrogens with one attached hydrogen (secondary N) is 2. The van der Waals surface area contributed by atoms with Gasteiger partial charge >= 0.3 is 0 Å². The molecule has 2 N–H and O–H groups in total. The topological polar surface area (TPSA) is 84.0 Å². The highest BCUT2D eigenvalue weighted by Gasteiger charge is 2.24. The van der Waals surface area contributed by atoms with Gasteiger partial charge in [-0.3, -0.25) is 4.98 Å². The van der Waals surface area contributed by atoms with Gasteiger partial charge in [0, 0.05) is 41.8 Å². The van der Waals surface area contributed by atoms with Gasteiger partial charge in [-0.25, -0.2) is 18.1 Å². The lowest BCUT2D eigenvalue weighted by atomic mass is 9.99. The summed E-state index contributed by atoms with van der Waals surface area (Å²) in [4.78, 5) is 10.2. The number of pyridine rings is 1. The minimum atomic E-state index is -3.52. The number of fused-ring (bicyclic) bond motifs is 1. The highest BCUT2D eigenvalue weighted by Crippen LogP contribution is 2.30. The van der Waals surface area contributed by atoms with Gasteiger partial charge in [-0.15, -0.1) is 11.3 Å². The van der Waals surface area contributed by atoms with Crippen molar-refractivity contribution in [2.45, 2.75) is 30.2 Å². The van der Waals surface area contributed by atoms with Gasteiger partial charge in [-0.2, -0.15) is 0 Å². The van der Waals surface area contributed by atoms with Crippen LogP contribution in [-0.2, 0) is 29.3 Å². The molecule has 1 unspecified atom stereocenters. The molecule has 0 saturated carbocycles. The van der Waals surface area contributed by atoms with E-state index in [0.29, 0.717) is 13.0 Å². The molecular formula is C20H21ClN4O2S2. The Morgan fingerprint density at radius 2 is 1.93 bits per heavy atom. The fourth-order valence-corrected chi connectivity index (χ4v) is 5.62. The first-order valence-electron chi connectivity index (χ1n) is 9.37. The number of hydrogen-bond donors (Lipinski definition) is 2. The van der Waals surface area contributed by atoms with Crippen LogP contribution in [0.25, 0.3) is 0 Å². The molecule has 29 heavy (non-hydrogen) atoms. The summed E-state index contributed by atoms with van der Waals surface area (Å²) in [5, 5.41) is 5.24. The van der Waals surface area contributed by atoms with Crippen molar-refractivity contribution >= 4 is 33.0 Å². The average Bonchev–Trinajstić information content (AvgIpc) is 3.14. The van der Waals surface area contributed by atoms with Gasteiger partial charge in [0.05, 0.1) is 21.6 Å². The van der Waals surface area contributed by atoms with Crippen LogP contribution >= 0.6 is 22.9 Å². The minimum absolute atomic E-state index is 0.165. The first-order chi connectivity index (χ1) is 14.0. The third-order valence-electron chi connectivity index (χ3n) is 4.79. The molecule has 0 spiro atoms. The van der Waals surface area contributed by atoms with E-state index in [-0.39, 0.29) is 10.9 Å². The summed E-state index contributed by atoms with van der Waals surface area (Å²) < 4.78 is 27.3. The van der Waals surface area contributed by atoms with Gasteiger partial charge in [0.15, 0.2) is 0 Å². The molecule has 4 rings (SSSR count). The van der Waals surface area contributed by atoms with Gasteiger partial charge < -0.3 is 5.32 Å². The highest BCUT2D eigenvalue weighted by atomic mass is 35.5. The van der Waals surface area contributed by atoms with Gasteiger partial charge in [0.25, 0.3) is 0 Å². The van der Waals surface area contributed by atoms with Crippen LogP contribution in [0.1, 0.15) is 27.2 Å². The van der Waals surface area contributed by atoms with E-state index in [1.54, 1.807) is 11.3 Å². The van der Waals surface area contributed by atoms with Crippen LogP contribution in [0.5, 0.6) is 0 Å². The van der Waals surface area contributed by atoms with E-state index in [4.69, 9.17) is 16.6 Å². The van der Waals surface area contributed by atoms with Gasteiger partial charge in [-0.1, -0.05) is 23.7 Å². The number of rotatable bonds is 7. The zero-order valence-electron chi connectivity index (χ0n) is 15.6. The molecule has 0 amide bonds. The molecule has 9 heteroatoms. The molecule has 152 valence electrons. The molecule has 3 heterocycles. The predicted octanol–water partition coefficient (Wildman–Crippen LogP) is 3.14. The number of benzene rings is 1. The van der Waals surface area contributed by atoms with E-state index >= 15 is 0 Å². The predicted molar refractivity (Wildman–Crippen MR) is 115 cm³/mol. The Kier molecular flexibility index (Phi) is 6.26. The Hall–Kier alpha value is -1.84. The van der Waals surface area contributed by atoms with E-state index in [9.17, 15) is 8.42 Å². The number of thiazole rings is 1. The van der Waals surface area contributed by atoms with Crippen molar-refractivity contribution < 1.29 is 8.42 Å². The maximum Gasteiger partial charge on any atom is 0.240 e. The van der Waals surface area contributed by atoms with Gasteiger partial charge in [0.1, 0.15) is 0 Å². The largest absolute Gasteiger partial charge is 0.308 e. The van der Waals surface area contributed by atoms with Crippen molar-refractivity contribution in [3.8, 4) is 0 Å². The molecule has 0 bridgehead atoms. The summed E-state index contributed by atoms with van der Waals surface area (Å²) in [5.41, 5.74) is 2.29. The summed E-state index contributed by atoms with van der Waals surface area (Å²) >= 11 is 7.66. The molecule has 6 nitrogen and oxygen atoms in total. The Labute approximate surface area is 179 Å². The molecule has 1 aromatic carbocycles. The lowest BCUT2D eigenvalue weighted by Gasteiger charge is -2.23. The second kappa shape index (κ2) is 8.89. The summed E-state index contributed by atoms with van der Waals surface area (Å²) in [5.74, 6) is 0. The first-order valence-corrected chi connectivity index (χ1v) is 12.0.